The molecule has 148 valence electrons. The van der Waals surface area contributed by atoms with Crippen molar-refractivity contribution in [2.45, 2.75) is 11.5 Å². The van der Waals surface area contributed by atoms with Gasteiger partial charge in [-0.1, -0.05) is 0 Å². The highest BCUT2D eigenvalue weighted by molar-refractivity contribution is 7.89. The number of benzene rings is 2. The second-order valence-electron chi connectivity index (χ2n) is 6.28. The number of aromatic nitrogens is 3. The summed E-state index contributed by atoms with van der Waals surface area (Å²) in [4.78, 5) is 4.15. The third-order valence-corrected chi connectivity index (χ3v) is 5.19. The minimum atomic E-state index is -3.90. The molecular formula is C19H16FN5O3S. The summed E-state index contributed by atoms with van der Waals surface area (Å²) in [6.45, 7) is -0.0365. The predicted molar refractivity (Wildman–Crippen MR) is 105 cm³/mol. The Balaban J connectivity index is 1.72. The first kappa shape index (κ1) is 18.8. The van der Waals surface area contributed by atoms with Crippen LogP contribution in [-0.4, -0.2) is 23.2 Å². The molecule has 0 amide bonds. The molecule has 29 heavy (non-hydrogen) atoms. The molecule has 0 fully saturated rings. The van der Waals surface area contributed by atoms with Gasteiger partial charge in [-0.25, -0.2) is 27.6 Å². The van der Waals surface area contributed by atoms with Crippen LogP contribution in [0.25, 0.3) is 16.6 Å². The van der Waals surface area contributed by atoms with Gasteiger partial charge in [0.15, 0.2) is 11.6 Å². The fraction of sp³-hybridized carbons (Fsp3) is 0.0526. The zero-order valence-corrected chi connectivity index (χ0v) is 15.8. The molecule has 0 saturated carbocycles. The average Bonchev–Trinajstić information content (AvgIpc) is 3.20. The molecule has 0 aliphatic rings. The van der Waals surface area contributed by atoms with Gasteiger partial charge in [0.25, 0.3) is 0 Å². The largest absolute Gasteiger partial charge is 0.485 e. The van der Waals surface area contributed by atoms with E-state index in [2.05, 4.69) is 10.1 Å². The molecular weight excluding hydrogens is 397 g/mol. The van der Waals surface area contributed by atoms with Crippen molar-refractivity contribution in [1.82, 2.24) is 14.8 Å². The molecule has 4 N–H and O–H groups in total. The zero-order chi connectivity index (χ0) is 20.6. The van der Waals surface area contributed by atoms with Crippen LogP contribution >= 0.6 is 0 Å². The van der Waals surface area contributed by atoms with E-state index in [4.69, 9.17) is 15.6 Å². The molecule has 0 atom stereocenters. The van der Waals surface area contributed by atoms with Gasteiger partial charge in [0.1, 0.15) is 12.4 Å². The highest BCUT2D eigenvalue weighted by Crippen LogP contribution is 2.27. The molecule has 0 aliphatic heterocycles. The summed E-state index contributed by atoms with van der Waals surface area (Å²) in [5.74, 6) is -0.0280. The number of nitrogens with two attached hydrogens (primary N) is 2. The normalized spacial score (nSPS) is 11.7. The Morgan fingerprint density at radius 3 is 2.69 bits per heavy atom. The molecule has 2 aromatic carbocycles. The van der Waals surface area contributed by atoms with Crippen LogP contribution in [-0.2, 0) is 16.6 Å². The molecule has 0 aliphatic carbocycles. The van der Waals surface area contributed by atoms with Gasteiger partial charge in [0.05, 0.1) is 16.1 Å². The number of fused-ring (bicyclic) bond motifs is 1. The molecule has 4 aromatic rings. The highest BCUT2D eigenvalue weighted by atomic mass is 32.2. The SMILES string of the molecule is Nc1nc2ccc(F)cc2cc1OCc1cc(S(N)(=O)=O)ccc1-n1cccn1. The van der Waals surface area contributed by atoms with E-state index in [-0.39, 0.29) is 23.1 Å². The van der Waals surface area contributed by atoms with E-state index in [0.29, 0.717) is 22.2 Å². The van der Waals surface area contributed by atoms with Gasteiger partial charge in [0.2, 0.25) is 10.0 Å². The fourth-order valence-electron chi connectivity index (χ4n) is 2.90. The molecule has 2 aromatic heterocycles. The third kappa shape index (κ3) is 3.89. The van der Waals surface area contributed by atoms with Crippen molar-refractivity contribution in [2.24, 2.45) is 5.14 Å². The zero-order valence-electron chi connectivity index (χ0n) is 15.0. The Hall–Kier alpha value is -3.50. The number of nitrogens with zero attached hydrogens (tertiary/aromatic N) is 3. The molecule has 0 spiro atoms. The van der Waals surface area contributed by atoms with Gasteiger partial charge >= 0.3 is 0 Å². The van der Waals surface area contributed by atoms with E-state index in [0.717, 1.165) is 0 Å². The second kappa shape index (κ2) is 7.15. The number of rotatable bonds is 5. The maximum Gasteiger partial charge on any atom is 0.238 e. The minimum Gasteiger partial charge on any atom is -0.485 e. The highest BCUT2D eigenvalue weighted by Gasteiger charge is 2.15. The smallest absolute Gasteiger partial charge is 0.238 e. The van der Waals surface area contributed by atoms with E-state index in [9.17, 15) is 12.8 Å². The Bertz CT molecular complexity index is 1310. The first-order chi connectivity index (χ1) is 13.8. The van der Waals surface area contributed by atoms with E-state index in [1.54, 1.807) is 35.3 Å². The average molecular weight is 413 g/mol. The Morgan fingerprint density at radius 1 is 1.14 bits per heavy atom. The van der Waals surface area contributed by atoms with Crippen molar-refractivity contribution < 1.29 is 17.5 Å². The summed E-state index contributed by atoms with van der Waals surface area (Å²) in [5.41, 5.74) is 7.61. The lowest BCUT2D eigenvalue weighted by atomic mass is 10.2. The van der Waals surface area contributed by atoms with E-state index in [1.165, 1.54) is 30.3 Å². The van der Waals surface area contributed by atoms with Crippen LogP contribution in [0.5, 0.6) is 5.75 Å². The maximum atomic E-state index is 13.5. The van der Waals surface area contributed by atoms with Crippen LogP contribution in [0.4, 0.5) is 10.2 Å². The van der Waals surface area contributed by atoms with Crippen molar-refractivity contribution in [3.8, 4) is 11.4 Å². The van der Waals surface area contributed by atoms with Crippen molar-refractivity contribution in [3.63, 3.8) is 0 Å². The summed E-state index contributed by atoms with van der Waals surface area (Å²) in [6.07, 6.45) is 3.31. The summed E-state index contributed by atoms with van der Waals surface area (Å²) in [7, 11) is -3.90. The molecule has 10 heteroatoms. The van der Waals surface area contributed by atoms with E-state index < -0.39 is 15.8 Å². The number of halogens is 1. The van der Waals surface area contributed by atoms with Gasteiger partial charge in [-0.15, -0.1) is 0 Å². The number of anilines is 1. The van der Waals surface area contributed by atoms with Crippen LogP contribution in [0.3, 0.4) is 0 Å². The number of pyridine rings is 1. The minimum absolute atomic E-state index is 0.0365. The summed E-state index contributed by atoms with van der Waals surface area (Å²) >= 11 is 0. The van der Waals surface area contributed by atoms with Gasteiger partial charge in [-0.3, -0.25) is 0 Å². The van der Waals surface area contributed by atoms with Gasteiger partial charge in [0, 0.05) is 23.3 Å². The molecule has 0 bridgehead atoms. The monoisotopic (exact) mass is 413 g/mol. The van der Waals surface area contributed by atoms with Crippen LogP contribution < -0.4 is 15.6 Å². The van der Waals surface area contributed by atoms with Gasteiger partial charge < -0.3 is 10.5 Å². The third-order valence-electron chi connectivity index (χ3n) is 4.28. The molecule has 8 nitrogen and oxygen atoms in total. The Labute approximate surface area is 165 Å². The maximum absolute atomic E-state index is 13.5. The number of nitrogen functional groups attached to an aromatic ring is 1. The number of primary sulfonamides is 1. The number of ether oxygens (including phenoxy) is 1. The lowest BCUT2D eigenvalue weighted by molar-refractivity contribution is 0.306. The number of sulfonamides is 1. The number of hydrogen-bond acceptors (Lipinski definition) is 6. The first-order valence-electron chi connectivity index (χ1n) is 8.45. The Morgan fingerprint density at radius 2 is 1.97 bits per heavy atom. The van der Waals surface area contributed by atoms with Crippen LogP contribution in [0.1, 0.15) is 5.56 Å². The topological polar surface area (TPSA) is 126 Å². The van der Waals surface area contributed by atoms with Crippen molar-refractivity contribution in [3.05, 3.63) is 72.3 Å². The lowest BCUT2D eigenvalue weighted by Crippen LogP contribution is -2.14. The van der Waals surface area contributed by atoms with Gasteiger partial charge in [-0.2, -0.15) is 5.10 Å². The van der Waals surface area contributed by atoms with Crippen molar-refractivity contribution >= 4 is 26.7 Å². The van der Waals surface area contributed by atoms with Crippen LogP contribution in [0.2, 0.25) is 0 Å². The molecule has 4 rings (SSSR count). The quantitative estimate of drug-likeness (QED) is 0.517. The van der Waals surface area contributed by atoms with E-state index >= 15 is 0 Å². The standard InChI is InChI=1S/C19H16FN5O3S/c20-14-2-4-16-12(8-14)10-18(19(21)24-16)28-11-13-9-15(29(22,26)27)3-5-17(13)25-7-1-6-23-25/h1-10H,11H2,(H2,21,24)(H2,22,26,27). The molecule has 0 saturated heterocycles. The predicted octanol–water partition coefficient (Wildman–Crippen LogP) is 2.37. The summed E-state index contributed by atoms with van der Waals surface area (Å²) < 4.78 is 44.3. The second-order valence-corrected chi connectivity index (χ2v) is 7.85. The molecule has 0 radical (unpaired) electrons. The summed E-state index contributed by atoms with van der Waals surface area (Å²) in [5, 5.41) is 9.94. The Kier molecular flexibility index (Phi) is 4.65. The van der Waals surface area contributed by atoms with Crippen molar-refractivity contribution in [2.75, 3.05) is 5.73 Å². The fourth-order valence-corrected chi connectivity index (χ4v) is 3.47. The summed E-state index contributed by atoms with van der Waals surface area (Å²) in [6, 6.07) is 11.9. The van der Waals surface area contributed by atoms with Crippen molar-refractivity contribution in [1.29, 1.82) is 0 Å². The molecule has 0 unspecified atom stereocenters. The van der Waals surface area contributed by atoms with E-state index in [1.807, 2.05) is 0 Å². The lowest BCUT2D eigenvalue weighted by Gasteiger charge is -2.14. The van der Waals surface area contributed by atoms with Crippen LogP contribution in [0, 0.1) is 5.82 Å². The molecule has 2 heterocycles. The van der Waals surface area contributed by atoms with Crippen LogP contribution in [0.15, 0.2) is 65.8 Å². The number of hydrogen-bond donors (Lipinski definition) is 2. The first-order valence-corrected chi connectivity index (χ1v) is 10.0. The van der Waals surface area contributed by atoms with Gasteiger partial charge in [-0.05, 0) is 48.5 Å².